The highest BCUT2D eigenvalue weighted by molar-refractivity contribution is 8.03. The number of fused-ring (bicyclic) bond motifs is 1. The predicted molar refractivity (Wildman–Crippen MR) is 124 cm³/mol. The first-order valence-electron chi connectivity index (χ1n) is 10.8. The number of hydrogen-bond donors (Lipinski definition) is 2. The minimum Gasteiger partial charge on any atom is -0.481 e. The summed E-state index contributed by atoms with van der Waals surface area (Å²) >= 11 is 2.23. The average molecular weight is 495 g/mol. The second-order valence-corrected chi connectivity index (χ2v) is 9.87. The number of rotatable bonds is 9. The van der Waals surface area contributed by atoms with Gasteiger partial charge >= 0.3 is 17.9 Å². The number of nitrogens with one attached hydrogen (secondary N) is 1. The van der Waals surface area contributed by atoms with Crippen LogP contribution in [0.25, 0.3) is 10.2 Å². The Balaban J connectivity index is 1.75. The van der Waals surface area contributed by atoms with Crippen molar-refractivity contribution in [2.75, 3.05) is 18.5 Å². The number of amides is 1. The zero-order chi connectivity index (χ0) is 24.0. The molecule has 2 aromatic rings. The van der Waals surface area contributed by atoms with Crippen LogP contribution in [0.2, 0.25) is 0 Å². The number of carbonyl (C=O) groups excluding carboxylic acids is 3. The highest BCUT2D eigenvalue weighted by Gasteiger charge is 2.36. The third-order valence-corrected chi connectivity index (χ3v) is 7.54. The van der Waals surface area contributed by atoms with Crippen molar-refractivity contribution in [3.8, 4) is 0 Å². The number of thioether (sulfide) groups is 1. The Labute approximate surface area is 199 Å². The van der Waals surface area contributed by atoms with Gasteiger partial charge in [-0.25, -0.2) is 4.98 Å². The molecule has 0 unspecified atom stereocenters. The zero-order valence-electron chi connectivity index (χ0n) is 18.4. The molecule has 0 spiro atoms. The van der Waals surface area contributed by atoms with Gasteiger partial charge in [-0.05, 0) is 44.9 Å². The third kappa shape index (κ3) is 6.23. The molecule has 3 rings (SSSR count). The number of thiazole rings is 1. The van der Waals surface area contributed by atoms with Gasteiger partial charge in [0.05, 0.1) is 35.3 Å². The fourth-order valence-corrected chi connectivity index (χ4v) is 5.90. The van der Waals surface area contributed by atoms with E-state index < -0.39 is 35.0 Å². The highest BCUT2D eigenvalue weighted by atomic mass is 32.2. The molecule has 1 aliphatic rings. The first-order chi connectivity index (χ1) is 15.8. The summed E-state index contributed by atoms with van der Waals surface area (Å²) in [7, 11) is 0. The van der Waals surface area contributed by atoms with E-state index in [1.165, 1.54) is 11.3 Å². The Morgan fingerprint density at radius 2 is 1.76 bits per heavy atom. The van der Waals surface area contributed by atoms with Crippen molar-refractivity contribution in [2.24, 2.45) is 11.8 Å². The Hall–Kier alpha value is -2.66. The van der Waals surface area contributed by atoms with E-state index in [-0.39, 0.29) is 19.1 Å². The Kier molecular flexibility index (Phi) is 8.67. The molecule has 33 heavy (non-hydrogen) atoms. The summed E-state index contributed by atoms with van der Waals surface area (Å²) in [4.78, 5) is 53.2. The summed E-state index contributed by atoms with van der Waals surface area (Å²) in [5.41, 5.74) is 1.18. The van der Waals surface area contributed by atoms with E-state index in [1.807, 2.05) is 0 Å². The fraction of sp³-hybridized carbons (Fsp3) is 0.500. The van der Waals surface area contributed by atoms with Gasteiger partial charge in [-0.3, -0.25) is 19.2 Å². The lowest BCUT2D eigenvalue weighted by Crippen LogP contribution is -2.36. The van der Waals surface area contributed by atoms with Crippen LogP contribution in [0.15, 0.2) is 22.5 Å². The van der Waals surface area contributed by atoms with Crippen molar-refractivity contribution >= 4 is 62.8 Å². The minimum absolute atomic E-state index is 0.141. The van der Waals surface area contributed by atoms with Crippen LogP contribution in [0.1, 0.15) is 39.5 Å². The molecule has 0 saturated heterocycles. The van der Waals surface area contributed by atoms with Gasteiger partial charge in [-0.1, -0.05) is 24.6 Å². The molecule has 1 aromatic carbocycles. The molecule has 1 amide bonds. The third-order valence-electron chi connectivity index (χ3n) is 5.28. The Morgan fingerprint density at radius 3 is 2.36 bits per heavy atom. The fourth-order valence-electron chi connectivity index (χ4n) is 3.74. The number of carboxylic acids is 1. The molecular formula is C22H26N2O7S2. The maximum atomic E-state index is 12.7. The summed E-state index contributed by atoms with van der Waals surface area (Å²) in [6.45, 7) is 3.60. The van der Waals surface area contributed by atoms with E-state index in [1.54, 1.807) is 32.0 Å². The standard InChI is InChI=1S/C22H26N2O7S2/c1-3-30-20(28)17(21(29)31-4-2)33-22-24-15-10-9-12(11-16(15)32-22)23-18(25)13-7-5-6-8-14(13)19(26)27/h9-11,13-14,17H,3-8H2,1-2H3,(H,23,25)(H,26,27)/t13-,14-/m1/s1. The number of benzene rings is 1. The molecule has 1 aromatic heterocycles. The van der Waals surface area contributed by atoms with Gasteiger partial charge in [0.2, 0.25) is 11.2 Å². The monoisotopic (exact) mass is 494 g/mol. The number of hydrogen-bond acceptors (Lipinski definition) is 9. The van der Waals surface area contributed by atoms with Crippen LogP contribution in [-0.4, -0.2) is 52.4 Å². The molecule has 0 aliphatic heterocycles. The number of anilines is 1. The normalized spacial score (nSPS) is 18.2. The topological polar surface area (TPSA) is 132 Å². The minimum atomic E-state index is -1.18. The number of esters is 2. The van der Waals surface area contributed by atoms with E-state index in [0.717, 1.165) is 29.3 Å². The molecule has 0 bridgehead atoms. The molecule has 2 N–H and O–H groups in total. The Morgan fingerprint density at radius 1 is 1.12 bits per heavy atom. The lowest BCUT2D eigenvalue weighted by atomic mass is 9.78. The van der Waals surface area contributed by atoms with Crippen molar-refractivity contribution in [3.05, 3.63) is 18.2 Å². The van der Waals surface area contributed by atoms with Crippen LogP contribution >= 0.6 is 23.1 Å². The number of aromatic nitrogens is 1. The van der Waals surface area contributed by atoms with E-state index in [2.05, 4.69) is 10.3 Å². The van der Waals surface area contributed by atoms with Gasteiger partial charge in [-0.15, -0.1) is 11.3 Å². The summed E-state index contributed by atoms with van der Waals surface area (Å²) in [5.74, 6) is -3.84. The summed E-state index contributed by atoms with van der Waals surface area (Å²) in [5, 5.41) is 11.1. The largest absolute Gasteiger partial charge is 0.481 e. The van der Waals surface area contributed by atoms with Crippen LogP contribution in [0.3, 0.4) is 0 Å². The molecule has 1 fully saturated rings. The van der Waals surface area contributed by atoms with Crippen LogP contribution in [0, 0.1) is 11.8 Å². The first-order valence-corrected chi connectivity index (χ1v) is 12.5. The van der Waals surface area contributed by atoms with Crippen molar-refractivity contribution in [1.29, 1.82) is 0 Å². The van der Waals surface area contributed by atoms with E-state index in [4.69, 9.17) is 9.47 Å². The number of carboxylic acid groups (broad SMARTS) is 1. The Bertz CT molecular complexity index is 1020. The second kappa shape index (κ2) is 11.5. The molecule has 9 nitrogen and oxygen atoms in total. The zero-order valence-corrected chi connectivity index (χ0v) is 20.0. The smallest absolute Gasteiger partial charge is 0.331 e. The first kappa shape index (κ1) is 25.0. The van der Waals surface area contributed by atoms with Crippen LogP contribution in [0.4, 0.5) is 5.69 Å². The molecule has 2 atom stereocenters. The maximum Gasteiger partial charge on any atom is 0.331 e. The van der Waals surface area contributed by atoms with Crippen molar-refractivity contribution in [3.63, 3.8) is 0 Å². The van der Waals surface area contributed by atoms with Gasteiger partial charge in [0.15, 0.2) is 4.34 Å². The summed E-state index contributed by atoms with van der Waals surface area (Å²) in [6, 6.07) is 5.17. The molecule has 1 aliphatic carbocycles. The van der Waals surface area contributed by atoms with E-state index in [0.29, 0.717) is 28.4 Å². The van der Waals surface area contributed by atoms with Crippen LogP contribution in [0.5, 0.6) is 0 Å². The van der Waals surface area contributed by atoms with Crippen molar-refractivity contribution < 1.29 is 33.8 Å². The van der Waals surface area contributed by atoms with Crippen LogP contribution in [-0.2, 0) is 28.7 Å². The van der Waals surface area contributed by atoms with Gasteiger partial charge in [-0.2, -0.15) is 0 Å². The molecule has 178 valence electrons. The van der Waals surface area contributed by atoms with E-state index >= 15 is 0 Å². The lowest BCUT2D eigenvalue weighted by Gasteiger charge is -2.27. The number of nitrogens with zero attached hydrogens (tertiary/aromatic N) is 1. The number of aliphatic carboxylic acids is 1. The average Bonchev–Trinajstić information content (AvgIpc) is 3.19. The summed E-state index contributed by atoms with van der Waals surface area (Å²) in [6.07, 6.45) is 2.70. The molecule has 1 saturated carbocycles. The quantitative estimate of drug-likeness (QED) is 0.304. The van der Waals surface area contributed by atoms with Crippen molar-refractivity contribution in [1.82, 2.24) is 4.98 Å². The van der Waals surface area contributed by atoms with Gasteiger partial charge in [0, 0.05) is 5.69 Å². The van der Waals surface area contributed by atoms with Crippen molar-refractivity contribution in [2.45, 2.75) is 49.1 Å². The molecule has 11 heteroatoms. The van der Waals surface area contributed by atoms with Gasteiger partial charge < -0.3 is 19.9 Å². The lowest BCUT2D eigenvalue weighted by molar-refractivity contribution is -0.153. The predicted octanol–water partition coefficient (Wildman–Crippen LogP) is 3.71. The maximum absolute atomic E-state index is 12.7. The van der Waals surface area contributed by atoms with Gasteiger partial charge in [0.1, 0.15) is 0 Å². The number of carbonyl (C=O) groups is 4. The van der Waals surface area contributed by atoms with Gasteiger partial charge in [0.25, 0.3) is 0 Å². The highest BCUT2D eigenvalue weighted by Crippen LogP contribution is 2.35. The molecule has 0 radical (unpaired) electrons. The van der Waals surface area contributed by atoms with E-state index in [9.17, 15) is 24.3 Å². The number of ether oxygens (including phenoxy) is 2. The molecule has 1 heterocycles. The SMILES string of the molecule is CCOC(=O)C(Sc1nc2ccc(NC(=O)[C@@H]3CCCC[C@H]3C(=O)O)cc2s1)C(=O)OCC. The second-order valence-electron chi connectivity index (χ2n) is 7.49. The molecular weight excluding hydrogens is 468 g/mol. The summed E-state index contributed by atoms with van der Waals surface area (Å²) < 4.78 is 11.2. The van der Waals surface area contributed by atoms with Crippen LogP contribution < -0.4 is 5.32 Å².